The van der Waals surface area contributed by atoms with Gasteiger partial charge in [-0.2, -0.15) is 0 Å². The molecule has 2 amide bonds. The van der Waals surface area contributed by atoms with Crippen molar-refractivity contribution in [2.24, 2.45) is 0 Å². The number of nitrogens with zero attached hydrogens (tertiary/aromatic N) is 2. The molecule has 1 atom stereocenters. The zero-order valence-electron chi connectivity index (χ0n) is 17.7. The predicted molar refractivity (Wildman–Crippen MR) is 122 cm³/mol. The molecule has 0 bridgehead atoms. The second-order valence-corrected chi connectivity index (χ2v) is 7.91. The lowest BCUT2D eigenvalue weighted by atomic mass is 9.99. The molecule has 0 aromatic heterocycles. The van der Waals surface area contributed by atoms with E-state index in [1.165, 1.54) is 23.8 Å². The molecular weight excluding hydrogens is 406 g/mol. The molecule has 3 aromatic rings. The first-order valence-corrected chi connectivity index (χ1v) is 10.4. The van der Waals surface area contributed by atoms with Crippen molar-refractivity contribution in [3.63, 3.8) is 0 Å². The van der Waals surface area contributed by atoms with Gasteiger partial charge in [-0.25, -0.2) is 0 Å². The topological polar surface area (TPSA) is 92.6 Å². The molecule has 32 heavy (non-hydrogen) atoms. The molecule has 7 nitrogen and oxygen atoms in total. The van der Waals surface area contributed by atoms with Crippen molar-refractivity contribution >= 4 is 23.2 Å². The lowest BCUT2D eigenvalue weighted by Gasteiger charge is -2.19. The van der Waals surface area contributed by atoms with Crippen LogP contribution in [0.25, 0.3) is 0 Å². The molecule has 1 fully saturated rings. The number of nitro groups is 1. The standard InChI is InChI=1S/C25H23N3O4/c1-17-11-12-19(15-23(17)28(31)32)24(29)26-22-10-6-5-9-21(22)25(30)27-14-13-20(16-27)18-7-3-2-4-8-18/h2-12,15,20H,13-14,16H2,1H3,(H,26,29). The van der Waals surface area contributed by atoms with Crippen molar-refractivity contribution in [2.75, 3.05) is 18.4 Å². The number of rotatable bonds is 5. The van der Waals surface area contributed by atoms with Crippen LogP contribution in [-0.4, -0.2) is 34.7 Å². The second kappa shape index (κ2) is 9.01. The minimum absolute atomic E-state index is 0.119. The fraction of sp³-hybridized carbons (Fsp3) is 0.200. The third-order valence-electron chi connectivity index (χ3n) is 5.82. The van der Waals surface area contributed by atoms with Gasteiger partial charge in [-0.1, -0.05) is 48.5 Å². The molecule has 1 saturated heterocycles. The van der Waals surface area contributed by atoms with E-state index in [1.807, 2.05) is 18.2 Å². The zero-order valence-corrected chi connectivity index (χ0v) is 17.7. The summed E-state index contributed by atoms with van der Waals surface area (Å²) in [6, 6.07) is 21.3. The quantitative estimate of drug-likeness (QED) is 0.466. The summed E-state index contributed by atoms with van der Waals surface area (Å²) >= 11 is 0. The average Bonchev–Trinajstić information content (AvgIpc) is 3.30. The maximum absolute atomic E-state index is 13.2. The van der Waals surface area contributed by atoms with E-state index in [2.05, 4.69) is 17.4 Å². The number of carbonyl (C=O) groups is 2. The van der Waals surface area contributed by atoms with Gasteiger partial charge in [0.05, 0.1) is 16.2 Å². The Morgan fingerprint density at radius 1 is 1.03 bits per heavy atom. The lowest BCUT2D eigenvalue weighted by molar-refractivity contribution is -0.385. The summed E-state index contributed by atoms with van der Waals surface area (Å²) in [6.07, 6.45) is 0.886. The minimum atomic E-state index is -0.514. The summed E-state index contributed by atoms with van der Waals surface area (Å²) in [5, 5.41) is 13.9. The first-order valence-electron chi connectivity index (χ1n) is 10.4. The van der Waals surface area contributed by atoms with Crippen molar-refractivity contribution in [3.05, 3.63) is 105 Å². The summed E-state index contributed by atoms with van der Waals surface area (Å²) < 4.78 is 0. The zero-order chi connectivity index (χ0) is 22.7. The van der Waals surface area contributed by atoms with Crippen LogP contribution >= 0.6 is 0 Å². The first-order chi connectivity index (χ1) is 15.4. The highest BCUT2D eigenvalue weighted by Crippen LogP contribution is 2.29. The van der Waals surface area contributed by atoms with Crippen LogP contribution in [0.1, 0.15) is 44.2 Å². The van der Waals surface area contributed by atoms with Gasteiger partial charge >= 0.3 is 0 Å². The summed E-state index contributed by atoms with van der Waals surface area (Å²) in [7, 11) is 0. The minimum Gasteiger partial charge on any atom is -0.338 e. The van der Waals surface area contributed by atoms with E-state index < -0.39 is 10.8 Å². The van der Waals surface area contributed by atoms with Crippen LogP contribution in [-0.2, 0) is 0 Å². The molecule has 7 heteroatoms. The van der Waals surface area contributed by atoms with Gasteiger partial charge in [0, 0.05) is 36.2 Å². The monoisotopic (exact) mass is 429 g/mol. The molecule has 1 aliphatic heterocycles. The van der Waals surface area contributed by atoms with Gasteiger partial charge in [0.1, 0.15) is 0 Å². The Balaban J connectivity index is 1.52. The number of anilines is 1. The molecule has 1 heterocycles. The van der Waals surface area contributed by atoms with E-state index in [4.69, 9.17) is 0 Å². The third-order valence-corrected chi connectivity index (χ3v) is 5.82. The van der Waals surface area contributed by atoms with Gasteiger partial charge in [-0.3, -0.25) is 19.7 Å². The number of nitrogens with one attached hydrogen (secondary N) is 1. The van der Waals surface area contributed by atoms with Gasteiger partial charge in [-0.05, 0) is 37.1 Å². The summed E-state index contributed by atoms with van der Waals surface area (Å²) in [5.74, 6) is -0.360. The number of benzene rings is 3. The maximum atomic E-state index is 13.2. The highest BCUT2D eigenvalue weighted by molar-refractivity contribution is 6.09. The van der Waals surface area contributed by atoms with Gasteiger partial charge in [-0.15, -0.1) is 0 Å². The first kappa shape index (κ1) is 21.2. The van der Waals surface area contributed by atoms with E-state index in [1.54, 1.807) is 36.1 Å². The normalized spacial score (nSPS) is 15.4. The number of nitro benzene ring substituents is 1. The van der Waals surface area contributed by atoms with E-state index in [-0.39, 0.29) is 23.1 Å². The Morgan fingerprint density at radius 3 is 2.50 bits per heavy atom. The molecule has 0 radical (unpaired) electrons. The molecule has 0 saturated carbocycles. The van der Waals surface area contributed by atoms with E-state index in [0.717, 1.165) is 6.42 Å². The van der Waals surface area contributed by atoms with Crippen LogP contribution in [0.15, 0.2) is 72.8 Å². The van der Waals surface area contributed by atoms with Gasteiger partial charge in [0.2, 0.25) is 0 Å². The van der Waals surface area contributed by atoms with Crippen LogP contribution in [0.2, 0.25) is 0 Å². The summed E-state index contributed by atoms with van der Waals surface area (Å²) in [4.78, 5) is 38.5. The van der Waals surface area contributed by atoms with Crippen LogP contribution < -0.4 is 5.32 Å². The summed E-state index contributed by atoms with van der Waals surface area (Å²) in [5.41, 5.74) is 2.51. The summed E-state index contributed by atoms with van der Waals surface area (Å²) in [6.45, 7) is 2.88. The molecular formula is C25H23N3O4. The third kappa shape index (κ3) is 4.37. The molecule has 0 spiro atoms. The fourth-order valence-corrected chi connectivity index (χ4v) is 4.03. The highest BCUT2D eigenvalue weighted by Gasteiger charge is 2.29. The fourth-order valence-electron chi connectivity index (χ4n) is 4.03. The number of carbonyl (C=O) groups excluding carboxylic acids is 2. The number of aryl methyl sites for hydroxylation is 1. The Morgan fingerprint density at radius 2 is 1.75 bits per heavy atom. The maximum Gasteiger partial charge on any atom is 0.273 e. The molecule has 1 N–H and O–H groups in total. The number of amides is 2. The number of para-hydroxylation sites is 1. The molecule has 0 aliphatic carbocycles. The Hall–Kier alpha value is -4.00. The SMILES string of the molecule is Cc1ccc(C(=O)Nc2ccccc2C(=O)N2CCC(c3ccccc3)C2)cc1[N+](=O)[O-]. The largest absolute Gasteiger partial charge is 0.338 e. The van der Waals surface area contributed by atoms with Gasteiger partial charge in [0.15, 0.2) is 0 Å². The van der Waals surface area contributed by atoms with Crippen LogP contribution in [0.4, 0.5) is 11.4 Å². The number of hydrogen-bond donors (Lipinski definition) is 1. The van der Waals surface area contributed by atoms with E-state index in [9.17, 15) is 19.7 Å². The Labute approximate surface area is 185 Å². The average molecular weight is 429 g/mol. The molecule has 162 valence electrons. The van der Waals surface area contributed by atoms with Crippen LogP contribution in [0, 0.1) is 17.0 Å². The number of likely N-dealkylation sites (tertiary alicyclic amines) is 1. The van der Waals surface area contributed by atoms with E-state index in [0.29, 0.717) is 29.9 Å². The lowest BCUT2D eigenvalue weighted by Crippen LogP contribution is -2.29. The van der Waals surface area contributed by atoms with Crippen molar-refractivity contribution in [3.8, 4) is 0 Å². The molecule has 1 aliphatic rings. The Bertz CT molecular complexity index is 1180. The van der Waals surface area contributed by atoms with Crippen LogP contribution in [0.5, 0.6) is 0 Å². The van der Waals surface area contributed by atoms with Crippen molar-refractivity contribution in [2.45, 2.75) is 19.3 Å². The van der Waals surface area contributed by atoms with E-state index >= 15 is 0 Å². The second-order valence-electron chi connectivity index (χ2n) is 7.91. The van der Waals surface area contributed by atoms with Gasteiger partial charge in [0.25, 0.3) is 17.5 Å². The van der Waals surface area contributed by atoms with Crippen LogP contribution in [0.3, 0.4) is 0 Å². The van der Waals surface area contributed by atoms with Gasteiger partial charge < -0.3 is 10.2 Å². The Kier molecular flexibility index (Phi) is 5.98. The van der Waals surface area contributed by atoms with Crippen molar-refractivity contribution in [1.82, 2.24) is 4.90 Å². The molecule has 3 aromatic carbocycles. The van der Waals surface area contributed by atoms with Crippen molar-refractivity contribution in [1.29, 1.82) is 0 Å². The number of hydrogen-bond acceptors (Lipinski definition) is 4. The molecule has 1 unspecified atom stereocenters. The smallest absolute Gasteiger partial charge is 0.273 e. The predicted octanol–water partition coefficient (Wildman–Crippen LogP) is 4.79. The highest BCUT2D eigenvalue weighted by atomic mass is 16.6. The molecule has 4 rings (SSSR count). The van der Waals surface area contributed by atoms with Crippen molar-refractivity contribution < 1.29 is 14.5 Å².